The second-order valence-electron chi connectivity index (χ2n) is 14.8. The molecule has 0 saturated carbocycles. The Morgan fingerprint density at radius 1 is 0.577 bits per heavy atom. The van der Waals surface area contributed by atoms with E-state index in [0.29, 0.717) is 5.92 Å². The van der Waals surface area contributed by atoms with E-state index in [-0.39, 0.29) is 0 Å². The number of aryl methyl sites for hydroxylation is 2. The third-order valence-electron chi connectivity index (χ3n) is 11.9. The molecule has 248 valence electrons. The summed E-state index contributed by atoms with van der Waals surface area (Å²) in [6.07, 6.45) is 14.9. The topological polar surface area (TPSA) is 8.17 Å². The van der Waals surface area contributed by atoms with E-state index in [0.717, 1.165) is 19.3 Å². The molecule has 52 heavy (non-hydrogen) atoms. The molecule has 1 atom stereocenters. The minimum atomic E-state index is 0.374. The average Bonchev–Trinajstić information content (AvgIpc) is 3.71. The minimum absolute atomic E-state index is 0.374. The molecular formula is C50H38N2. The lowest BCUT2D eigenvalue weighted by Gasteiger charge is -2.27. The number of nitrogens with zero attached hydrogens (tertiary/aromatic N) is 2. The fraction of sp³-hybridized carbons (Fsp3) is 0.120. The van der Waals surface area contributed by atoms with Gasteiger partial charge in [-0.15, -0.1) is 0 Å². The van der Waals surface area contributed by atoms with Crippen molar-refractivity contribution in [2.45, 2.75) is 39.0 Å². The predicted molar refractivity (Wildman–Crippen MR) is 221 cm³/mol. The largest absolute Gasteiger partial charge is 0.313 e. The lowest BCUT2D eigenvalue weighted by Crippen LogP contribution is -2.30. The van der Waals surface area contributed by atoms with Crippen LogP contribution in [0.4, 0.5) is 11.4 Å². The third kappa shape index (κ3) is 4.12. The standard InChI is InChI=1S/C50H38N2/c1-31-28-43-36-17-5-3-15-34(36)35-16-4-6-18-37(35)44(43)30-42(31)50-32(2)27-33(51-45-23-11-7-19-38(45)39-20-8-12-24-46(39)51)29-49(50)52-47-25-13-9-21-40(47)41-22-10-14-26-48(41)52/h3-9,11-13,15-19,21-30,39H,10,14,20H2,1-2H3. The summed E-state index contributed by atoms with van der Waals surface area (Å²) >= 11 is 0. The van der Waals surface area contributed by atoms with Crippen molar-refractivity contribution in [3.8, 4) is 16.8 Å². The van der Waals surface area contributed by atoms with Crippen LogP contribution in [0, 0.1) is 13.8 Å². The molecule has 0 saturated heterocycles. The summed E-state index contributed by atoms with van der Waals surface area (Å²) in [5, 5.41) is 11.8. The predicted octanol–water partition coefficient (Wildman–Crippen LogP) is 11.8. The van der Waals surface area contributed by atoms with Crippen LogP contribution in [0.3, 0.4) is 0 Å². The van der Waals surface area contributed by atoms with Crippen molar-refractivity contribution in [2.24, 2.45) is 0 Å². The van der Waals surface area contributed by atoms with Gasteiger partial charge in [0.1, 0.15) is 0 Å². The number of hydrogen-bond donors (Lipinski definition) is 0. The Hall–Kier alpha value is -6.12. The van der Waals surface area contributed by atoms with Gasteiger partial charge in [0.15, 0.2) is 0 Å². The van der Waals surface area contributed by atoms with E-state index in [1.54, 1.807) is 0 Å². The van der Waals surface area contributed by atoms with Gasteiger partial charge in [0.25, 0.3) is 0 Å². The van der Waals surface area contributed by atoms with Gasteiger partial charge < -0.3 is 9.47 Å². The quantitative estimate of drug-likeness (QED) is 0.170. The summed E-state index contributed by atoms with van der Waals surface area (Å²) < 4.78 is 2.57. The zero-order valence-electron chi connectivity index (χ0n) is 29.5. The molecule has 0 fully saturated rings. The van der Waals surface area contributed by atoms with Crippen LogP contribution in [-0.4, -0.2) is 4.57 Å². The van der Waals surface area contributed by atoms with Crippen LogP contribution in [0.2, 0.25) is 0 Å². The summed E-state index contributed by atoms with van der Waals surface area (Å²) in [7, 11) is 0. The van der Waals surface area contributed by atoms with Crippen LogP contribution >= 0.6 is 0 Å². The van der Waals surface area contributed by atoms with E-state index in [2.05, 4.69) is 175 Å². The van der Waals surface area contributed by atoms with Crippen LogP contribution in [-0.2, 0) is 0 Å². The number of para-hydroxylation sites is 2. The Kier molecular flexibility index (Phi) is 6.37. The van der Waals surface area contributed by atoms with Crippen molar-refractivity contribution in [2.75, 3.05) is 4.90 Å². The average molecular weight is 667 g/mol. The molecule has 8 aromatic rings. The highest BCUT2D eigenvalue weighted by Gasteiger charge is 2.35. The molecule has 3 aliphatic rings. The highest BCUT2D eigenvalue weighted by molar-refractivity contribution is 6.26. The number of aromatic nitrogens is 1. The molecule has 2 aliphatic carbocycles. The molecule has 2 heteroatoms. The molecule has 2 nitrogen and oxygen atoms in total. The number of allylic oxidation sites excluding steroid dienone is 4. The summed E-state index contributed by atoms with van der Waals surface area (Å²) in [6, 6.07) is 45.7. The fourth-order valence-corrected chi connectivity index (χ4v) is 9.69. The Morgan fingerprint density at radius 2 is 1.23 bits per heavy atom. The Labute approximate surface area is 303 Å². The molecule has 0 bridgehead atoms. The lowest BCUT2D eigenvalue weighted by atomic mass is 9.87. The number of benzene rings is 7. The number of anilines is 2. The van der Waals surface area contributed by atoms with Crippen molar-refractivity contribution in [1.82, 2.24) is 4.57 Å². The summed E-state index contributed by atoms with van der Waals surface area (Å²) in [5.74, 6) is 0.374. The second-order valence-corrected chi connectivity index (χ2v) is 14.8. The Bertz CT molecular complexity index is 3020. The first kappa shape index (κ1) is 29.6. The molecule has 1 aromatic heterocycles. The van der Waals surface area contributed by atoms with Gasteiger partial charge in [0.05, 0.1) is 11.2 Å². The van der Waals surface area contributed by atoms with Crippen molar-refractivity contribution in [3.05, 3.63) is 173 Å². The van der Waals surface area contributed by atoms with Crippen molar-refractivity contribution < 1.29 is 0 Å². The third-order valence-corrected chi connectivity index (χ3v) is 11.9. The molecule has 11 rings (SSSR count). The maximum absolute atomic E-state index is 2.57. The summed E-state index contributed by atoms with van der Waals surface area (Å²) in [6.45, 7) is 4.63. The number of fused-ring (bicyclic) bond motifs is 12. The van der Waals surface area contributed by atoms with E-state index in [1.807, 2.05) is 0 Å². The van der Waals surface area contributed by atoms with Crippen LogP contribution in [0.25, 0.3) is 72.2 Å². The Morgan fingerprint density at radius 3 is 2.02 bits per heavy atom. The highest BCUT2D eigenvalue weighted by atomic mass is 15.2. The lowest BCUT2D eigenvalue weighted by molar-refractivity contribution is 0.819. The zero-order valence-corrected chi connectivity index (χ0v) is 29.5. The van der Waals surface area contributed by atoms with Crippen LogP contribution in [0.15, 0.2) is 145 Å². The molecule has 1 unspecified atom stereocenters. The van der Waals surface area contributed by atoms with Gasteiger partial charge in [-0.1, -0.05) is 115 Å². The van der Waals surface area contributed by atoms with E-state index >= 15 is 0 Å². The minimum Gasteiger partial charge on any atom is -0.313 e. The van der Waals surface area contributed by atoms with Gasteiger partial charge in [0.2, 0.25) is 0 Å². The first-order valence-electron chi connectivity index (χ1n) is 18.7. The van der Waals surface area contributed by atoms with Gasteiger partial charge >= 0.3 is 0 Å². The number of hydrogen-bond acceptors (Lipinski definition) is 1. The van der Waals surface area contributed by atoms with Crippen molar-refractivity contribution in [1.29, 1.82) is 0 Å². The monoisotopic (exact) mass is 666 g/mol. The maximum Gasteiger partial charge on any atom is 0.0564 e. The Balaban J connectivity index is 1.26. The van der Waals surface area contributed by atoms with Gasteiger partial charge in [-0.2, -0.15) is 0 Å². The van der Waals surface area contributed by atoms with Crippen molar-refractivity contribution in [3.63, 3.8) is 0 Å². The molecule has 0 radical (unpaired) electrons. The van der Waals surface area contributed by atoms with Gasteiger partial charge in [-0.25, -0.2) is 0 Å². The first-order valence-corrected chi connectivity index (χ1v) is 18.7. The molecule has 2 heterocycles. The molecule has 0 amide bonds. The zero-order chi connectivity index (χ0) is 34.5. The molecule has 0 spiro atoms. The van der Waals surface area contributed by atoms with Crippen LogP contribution < -0.4 is 15.5 Å². The second kappa shape index (κ2) is 11.2. The summed E-state index contributed by atoms with van der Waals surface area (Å²) in [4.78, 5) is 2.53. The molecular weight excluding hydrogens is 629 g/mol. The van der Waals surface area contributed by atoms with Gasteiger partial charge in [0, 0.05) is 44.5 Å². The fourth-order valence-electron chi connectivity index (χ4n) is 9.69. The molecule has 0 N–H and O–H groups in total. The number of rotatable bonds is 3. The summed E-state index contributed by atoms with van der Waals surface area (Å²) in [5.41, 5.74) is 12.9. The van der Waals surface area contributed by atoms with E-state index in [4.69, 9.17) is 0 Å². The van der Waals surface area contributed by atoms with Crippen molar-refractivity contribution >= 4 is 66.7 Å². The highest BCUT2D eigenvalue weighted by Crippen LogP contribution is 2.52. The van der Waals surface area contributed by atoms with E-state index < -0.39 is 0 Å². The van der Waals surface area contributed by atoms with E-state index in [9.17, 15) is 0 Å². The van der Waals surface area contributed by atoms with Gasteiger partial charge in [-0.3, -0.25) is 0 Å². The van der Waals surface area contributed by atoms with Gasteiger partial charge in [-0.05, 0) is 124 Å². The van der Waals surface area contributed by atoms with Crippen LogP contribution in [0.1, 0.15) is 41.9 Å². The molecule has 7 aromatic carbocycles. The smallest absolute Gasteiger partial charge is 0.0564 e. The molecule has 1 aliphatic heterocycles. The SMILES string of the molecule is Cc1cc2c3ccccc3c3ccccc3c2cc1-c1c(C)cc(N2C3=CC=CCC3c3ccccc32)cc1-n1c2c(c3ccccc31)=CCCC=2. The maximum atomic E-state index is 2.57. The first-order chi connectivity index (χ1) is 25.7. The van der Waals surface area contributed by atoms with E-state index in [1.165, 1.54) is 104 Å². The normalized spacial score (nSPS) is 16.2. The van der Waals surface area contributed by atoms with Crippen LogP contribution in [0.5, 0.6) is 0 Å².